The molecule has 0 atom stereocenters. The number of hydrogen-bond donors (Lipinski definition) is 1. The highest BCUT2D eigenvalue weighted by Gasteiger charge is 2.13. The Morgan fingerprint density at radius 1 is 1.12 bits per heavy atom. The Balaban J connectivity index is 1.50. The SMILES string of the molecule is CCOc1cc(C=NNc2nc3ccccc3s2)cc(I)c1OCc1ccc(Cl)cc1Cl. The smallest absolute Gasteiger partial charge is 0.204 e. The van der Waals surface area contributed by atoms with E-state index in [1.54, 1.807) is 29.7 Å². The first-order valence-corrected chi connectivity index (χ1v) is 12.4. The third-order valence-electron chi connectivity index (χ3n) is 4.39. The first-order valence-electron chi connectivity index (χ1n) is 9.71. The zero-order valence-corrected chi connectivity index (χ0v) is 21.4. The third kappa shape index (κ3) is 5.64. The summed E-state index contributed by atoms with van der Waals surface area (Å²) in [6.45, 7) is 2.75. The van der Waals surface area contributed by atoms with E-state index in [0.29, 0.717) is 34.8 Å². The van der Waals surface area contributed by atoms with E-state index in [-0.39, 0.29) is 0 Å². The number of nitrogens with zero attached hydrogens (tertiary/aromatic N) is 2. The van der Waals surface area contributed by atoms with Crippen molar-refractivity contribution in [2.75, 3.05) is 12.0 Å². The van der Waals surface area contributed by atoms with E-state index in [4.69, 9.17) is 32.7 Å². The molecule has 4 aromatic rings. The standard InChI is InChI=1S/C23H18Cl2IN3O2S/c1-2-30-20-10-14(12-27-29-23-28-19-5-3-4-6-21(19)32-23)9-18(26)22(20)31-13-15-7-8-16(24)11-17(15)25/h3-12H,2,13H2,1H3,(H,28,29). The summed E-state index contributed by atoms with van der Waals surface area (Å²) in [6, 6.07) is 17.2. The molecule has 0 saturated carbocycles. The molecule has 0 aliphatic heterocycles. The summed E-state index contributed by atoms with van der Waals surface area (Å²) in [4.78, 5) is 4.52. The molecular formula is C23H18Cl2IN3O2S. The van der Waals surface area contributed by atoms with Gasteiger partial charge in [-0.1, -0.05) is 52.7 Å². The van der Waals surface area contributed by atoms with Gasteiger partial charge >= 0.3 is 0 Å². The van der Waals surface area contributed by atoms with Gasteiger partial charge in [-0.05, 0) is 71.5 Å². The molecule has 0 fully saturated rings. The van der Waals surface area contributed by atoms with Crippen molar-refractivity contribution < 1.29 is 9.47 Å². The van der Waals surface area contributed by atoms with Gasteiger partial charge in [0.1, 0.15) is 6.61 Å². The summed E-state index contributed by atoms with van der Waals surface area (Å²) in [6.07, 6.45) is 1.73. The van der Waals surface area contributed by atoms with Gasteiger partial charge in [0.05, 0.1) is 26.6 Å². The average Bonchev–Trinajstić information content (AvgIpc) is 3.17. The fourth-order valence-corrected chi connectivity index (χ4v) is 5.00. The second-order valence-electron chi connectivity index (χ2n) is 6.64. The van der Waals surface area contributed by atoms with Gasteiger partial charge in [0.25, 0.3) is 0 Å². The fourth-order valence-electron chi connectivity index (χ4n) is 2.94. The number of hydrazone groups is 1. The van der Waals surface area contributed by atoms with Crippen LogP contribution in [0.5, 0.6) is 11.5 Å². The lowest BCUT2D eigenvalue weighted by molar-refractivity contribution is 0.267. The van der Waals surface area contributed by atoms with Crippen molar-refractivity contribution in [2.45, 2.75) is 13.5 Å². The van der Waals surface area contributed by atoms with E-state index in [2.05, 4.69) is 38.1 Å². The average molecular weight is 598 g/mol. The van der Waals surface area contributed by atoms with Crippen molar-refractivity contribution in [3.63, 3.8) is 0 Å². The number of thiazole rings is 1. The van der Waals surface area contributed by atoms with Gasteiger partial charge in [-0.2, -0.15) is 5.10 Å². The number of benzene rings is 3. The number of fused-ring (bicyclic) bond motifs is 1. The molecule has 1 N–H and O–H groups in total. The van der Waals surface area contributed by atoms with Crippen LogP contribution in [-0.2, 0) is 6.61 Å². The van der Waals surface area contributed by atoms with Gasteiger partial charge in [-0.3, -0.25) is 5.43 Å². The van der Waals surface area contributed by atoms with Gasteiger partial charge in [0.15, 0.2) is 11.5 Å². The molecule has 0 amide bonds. The maximum Gasteiger partial charge on any atom is 0.204 e. The molecule has 0 saturated heterocycles. The summed E-state index contributed by atoms with van der Waals surface area (Å²) < 4.78 is 13.9. The summed E-state index contributed by atoms with van der Waals surface area (Å²) >= 11 is 16.0. The minimum atomic E-state index is 0.304. The monoisotopic (exact) mass is 597 g/mol. The molecule has 0 aliphatic rings. The maximum absolute atomic E-state index is 6.27. The van der Waals surface area contributed by atoms with Crippen molar-refractivity contribution in [3.8, 4) is 11.5 Å². The Bertz CT molecular complexity index is 1250. The highest BCUT2D eigenvalue weighted by Crippen LogP contribution is 2.35. The van der Waals surface area contributed by atoms with Crippen LogP contribution in [0, 0.1) is 3.57 Å². The lowest BCUT2D eigenvalue weighted by Crippen LogP contribution is -2.03. The number of aromatic nitrogens is 1. The highest BCUT2D eigenvalue weighted by atomic mass is 127. The van der Waals surface area contributed by atoms with Crippen molar-refractivity contribution in [3.05, 3.63) is 79.3 Å². The van der Waals surface area contributed by atoms with E-state index in [9.17, 15) is 0 Å². The van der Waals surface area contributed by atoms with Crippen molar-refractivity contribution in [2.24, 2.45) is 5.10 Å². The topological polar surface area (TPSA) is 55.7 Å². The van der Waals surface area contributed by atoms with Gasteiger partial charge in [0, 0.05) is 15.6 Å². The maximum atomic E-state index is 6.27. The summed E-state index contributed by atoms with van der Waals surface area (Å²) in [5.74, 6) is 1.31. The molecule has 4 rings (SSSR count). The number of ether oxygens (including phenoxy) is 2. The molecule has 5 nitrogen and oxygen atoms in total. The number of halogens is 3. The third-order valence-corrected chi connectivity index (χ3v) is 6.72. The number of hydrogen-bond acceptors (Lipinski definition) is 6. The number of rotatable bonds is 8. The van der Waals surface area contributed by atoms with Crippen LogP contribution in [0.25, 0.3) is 10.2 Å². The quantitative estimate of drug-likeness (QED) is 0.129. The second kappa shape index (κ2) is 10.7. The van der Waals surface area contributed by atoms with Crippen LogP contribution in [0.4, 0.5) is 5.13 Å². The largest absolute Gasteiger partial charge is 0.490 e. The van der Waals surface area contributed by atoms with E-state index in [1.165, 1.54) is 0 Å². The minimum Gasteiger partial charge on any atom is -0.490 e. The van der Waals surface area contributed by atoms with Crippen molar-refractivity contribution >= 4 is 78.7 Å². The predicted octanol–water partition coefficient (Wildman–Crippen LogP) is 7.63. The molecule has 1 aromatic heterocycles. The normalized spacial score (nSPS) is 11.2. The summed E-state index contributed by atoms with van der Waals surface area (Å²) in [5, 5.41) is 6.23. The van der Waals surface area contributed by atoms with Crippen molar-refractivity contribution in [1.82, 2.24) is 4.98 Å². The van der Waals surface area contributed by atoms with E-state index in [1.807, 2.05) is 49.4 Å². The molecular weight excluding hydrogens is 580 g/mol. The zero-order chi connectivity index (χ0) is 22.5. The Labute approximate surface area is 213 Å². The van der Waals surface area contributed by atoms with Crippen molar-refractivity contribution in [1.29, 1.82) is 0 Å². The Morgan fingerprint density at radius 2 is 1.97 bits per heavy atom. The lowest BCUT2D eigenvalue weighted by Gasteiger charge is -2.15. The Hall–Kier alpha value is -2.07. The zero-order valence-electron chi connectivity index (χ0n) is 16.9. The van der Waals surface area contributed by atoms with Gasteiger partial charge in [-0.15, -0.1) is 0 Å². The molecule has 0 spiro atoms. The first-order chi connectivity index (χ1) is 15.5. The molecule has 0 aliphatic carbocycles. The molecule has 9 heteroatoms. The highest BCUT2D eigenvalue weighted by molar-refractivity contribution is 14.1. The fraction of sp³-hybridized carbons (Fsp3) is 0.130. The molecule has 3 aromatic carbocycles. The molecule has 0 unspecified atom stereocenters. The molecule has 1 heterocycles. The first kappa shape index (κ1) is 23.1. The number of anilines is 1. The Morgan fingerprint density at radius 3 is 2.75 bits per heavy atom. The van der Waals surface area contributed by atoms with Gasteiger partial charge in [-0.25, -0.2) is 4.98 Å². The molecule has 32 heavy (non-hydrogen) atoms. The van der Waals surface area contributed by atoms with Crippen LogP contribution in [0.1, 0.15) is 18.1 Å². The second-order valence-corrected chi connectivity index (χ2v) is 9.68. The Kier molecular flexibility index (Phi) is 7.72. The van der Waals surface area contributed by atoms with Crippen LogP contribution in [0.3, 0.4) is 0 Å². The van der Waals surface area contributed by atoms with Crippen LogP contribution < -0.4 is 14.9 Å². The van der Waals surface area contributed by atoms with E-state index >= 15 is 0 Å². The predicted molar refractivity (Wildman–Crippen MR) is 142 cm³/mol. The van der Waals surface area contributed by atoms with Gasteiger partial charge < -0.3 is 9.47 Å². The molecule has 164 valence electrons. The summed E-state index contributed by atoms with van der Waals surface area (Å²) in [5.41, 5.74) is 5.68. The number of nitrogens with one attached hydrogen (secondary N) is 1. The van der Waals surface area contributed by atoms with E-state index in [0.717, 1.165) is 30.0 Å². The summed E-state index contributed by atoms with van der Waals surface area (Å²) in [7, 11) is 0. The van der Waals surface area contributed by atoms with Crippen LogP contribution in [0.15, 0.2) is 59.7 Å². The van der Waals surface area contributed by atoms with Crippen LogP contribution >= 0.6 is 57.1 Å². The van der Waals surface area contributed by atoms with Crippen LogP contribution in [-0.4, -0.2) is 17.8 Å². The van der Waals surface area contributed by atoms with E-state index < -0.39 is 0 Å². The molecule has 0 bridgehead atoms. The minimum absolute atomic E-state index is 0.304. The molecule has 0 radical (unpaired) electrons. The number of para-hydroxylation sites is 1. The van der Waals surface area contributed by atoms with Gasteiger partial charge in [0.2, 0.25) is 5.13 Å². The van der Waals surface area contributed by atoms with Crippen LogP contribution in [0.2, 0.25) is 10.0 Å². The lowest BCUT2D eigenvalue weighted by atomic mass is 10.2.